The van der Waals surface area contributed by atoms with Crippen molar-refractivity contribution >= 4 is 23.8 Å². The van der Waals surface area contributed by atoms with E-state index in [9.17, 15) is 9.59 Å². The van der Waals surface area contributed by atoms with Crippen LogP contribution in [0.3, 0.4) is 0 Å². The van der Waals surface area contributed by atoms with Crippen LogP contribution in [0.25, 0.3) is 0 Å². The quantitative estimate of drug-likeness (QED) is 0.736. The lowest BCUT2D eigenvalue weighted by Gasteiger charge is -2.18. The molecule has 0 aliphatic carbocycles. The molecule has 1 rings (SSSR count). The molecule has 0 heterocycles. The number of aldehydes is 1. The van der Waals surface area contributed by atoms with Gasteiger partial charge in [0.2, 0.25) is 0 Å². The Morgan fingerprint density at radius 2 is 1.94 bits per heavy atom. The van der Waals surface area contributed by atoms with Gasteiger partial charge in [-0.2, -0.15) is 0 Å². The van der Waals surface area contributed by atoms with Gasteiger partial charge in [-0.05, 0) is 12.1 Å². The second-order valence-electron chi connectivity index (χ2n) is 3.10. The summed E-state index contributed by atoms with van der Waals surface area (Å²) in [5.41, 5.74) is 1.89. The van der Waals surface area contributed by atoms with Crippen LogP contribution in [0.15, 0.2) is 41.9 Å². The zero-order valence-corrected chi connectivity index (χ0v) is 9.43. The van der Waals surface area contributed by atoms with Gasteiger partial charge in [0.15, 0.2) is 0 Å². The van der Waals surface area contributed by atoms with E-state index in [1.807, 2.05) is 6.07 Å². The molecule has 16 heavy (non-hydrogen) atoms. The van der Waals surface area contributed by atoms with Crippen LogP contribution in [0.4, 0.5) is 0 Å². The maximum absolute atomic E-state index is 11.9. The van der Waals surface area contributed by atoms with Crippen molar-refractivity contribution in [3.63, 3.8) is 0 Å². The molecule has 3 nitrogen and oxygen atoms in total. The Hall–Kier alpha value is -1.61. The van der Waals surface area contributed by atoms with Crippen molar-refractivity contribution in [3.8, 4) is 0 Å². The number of nitrogens with zero attached hydrogens (tertiary/aromatic N) is 1. The fraction of sp³-hybridized carbons (Fsp3) is 0.167. The highest BCUT2D eigenvalue weighted by Gasteiger charge is 2.13. The molecule has 0 saturated carbocycles. The number of rotatable bonds is 5. The smallest absolute Gasteiger partial charge is 0.254 e. The number of amides is 1. The molecule has 4 heteroatoms. The van der Waals surface area contributed by atoms with Gasteiger partial charge >= 0.3 is 0 Å². The maximum Gasteiger partial charge on any atom is 0.254 e. The Balaban J connectivity index is 2.78. The third-order valence-electron chi connectivity index (χ3n) is 2.02. The van der Waals surface area contributed by atoms with Gasteiger partial charge in [0.1, 0.15) is 6.29 Å². The summed E-state index contributed by atoms with van der Waals surface area (Å²) >= 11 is 5.39. The van der Waals surface area contributed by atoms with E-state index in [2.05, 4.69) is 0 Å². The molecule has 1 aromatic rings. The summed E-state index contributed by atoms with van der Waals surface area (Å²) in [6.07, 6.45) is 2.31. The van der Waals surface area contributed by atoms with Crippen molar-refractivity contribution in [1.82, 2.24) is 4.90 Å². The van der Waals surface area contributed by atoms with Crippen LogP contribution in [0.5, 0.6) is 0 Å². The molecule has 0 unspecified atom stereocenters. The first kappa shape index (κ1) is 12.5. The molecule has 0 radical (unpaired) electrons. The Kier molecular flexibility index (Phi) is 5.29. The predicted octanol–water partition coefficient (Wildman–Crippen LogP) is 2.08. The molecule has 0 bridgehead atoms. The minimum Gasteiger partial charge on any atom is -0.328 e. The van der Waals surface area contributed by atoms with Crippen LogP contribution in [-0.4, -0.2) is 30.2 Å². The monoisotopic (exact) mass is 237 g/mol. The lowest BCUT2D eigenvalue weighted by atomic mass is 10.2. The third kappa shape index (κ3) is 3.51. The van der Waals surface area contributed by atoms with E-state index < -0.39 is 0 Å². The summed E-state index contributed by atoms with van der Waals surface area (Å²) in [6, 6.07) is 8.82. The van der Waals surface area contributed by atoms with Crippen LogP contribution in [-0.2, 0) is 4.79 Å². The van der Waals surface area contributed by atoms with Gasteiger partial charge in [-0.3, -0.25) is 4.79 Å². The van der Waals surface area contributed by atoms with Crippen molar-refractivity contribution in [2.75, 3.05) is 13.1 Å². The highest BCUT2D eigenvalue weighted by molar-refractivity contribution is 6.25. The zero-order valence-electron chi connectivity index (χ0n) is 8.67. The van der Waals surface area contributed by atoms with E-state index in [4.69, 9.17) is 11.6 Å². The molecule has 0 atom stereocenters. The zero-order chi connectivity index (χ0) is 11.8. The van der Waals surface area contributed by atoms with Gasteiger partial charge in [-0.1, -0.05) is 35.9 Å². The van der Waals surface area contributed by atoms with E-state index in [1.54, 1.807) is 30.3 Å². The summed E-state index contributed by atoms with van der Waals surface area (Å²) in [7, 11) is 0. The Morgan fingerprint density at radius 3 is 2.50 bits per heavy atom. The third-order valence-corrected chi connectivity index (χ3v) is 2.20. The number of hydrogen-bond donors (Lipinski definition) is 0. The molecule has 0 aliphatic heterocycles. The van der Waals surface area contributed by atoms with E-state index in [1.165, 1.54) is 10.4 Å². The molecule has 0 N–H and O–H groups in total. The fourth-order valence-electron chi connectivity index (χ4n) is 1.26. The van der Waals surface area contributed by atoms with Crippen LogP contribution >= 0.6 is 11.6 Å². The topological polar surface area (TPSA) is 37.4 Å². The summed E-state index contributed by atoms with van der Waals surface area (Å²) in [6.45, 7) is 0.394. The van der Waals surface area contributed by atoms with Crippen LogP contribution < -0.4 is 0 Å². The number of carbonyl (C=O) groups is 2. The largest absolute Gasteiger partial charge is 0.328 e. The first-order chi connectivity index (χ1) is 7.79. The van der Waals surface area contributed by atoms with Crippen molar-refractivity contribution in [2.24, 2.45) is 0 Å². The molecule has 0 aromatic heterocycles. The van der Waals surface area contributed by atoms with Crippen LogP contribution in [0.1, 0.15) is 10.4 Å². The normalized spacial score (nSPS) is 10.3. The van der Waals surface area contributed by atoms with Gasteiger partial charge in [0.25, 0.3) is 5.91 Å². The first-order valence-electron chi connectivity index (χ1n) is 4.82. The average molecular weight is 238 g/mol. The van der Waals surface area contributed by atoms with Gasteiger partial charge in [0.05, 0.1) is 6.54 Å². The minimum atomic E-state index is -0.178. The molecule has 0 saturated heterocycles. The van der Waals surface area contributed by atoms with E-state index in [0.717, 1.165) is 0 Å². The maximum atomic E-state index is 11.9. The van der Waals surface area contributed by atoms with E-state index in [0.29, 0.717) is 18.4 Å². The van der Waals surface area contributed by atoms with Crippen molar-refractivity contribution in [2.45, 2.75) is 0 Å². The highest BCUT2D eigenvalue weighted by Crippen LogP contribution is 2.04. The molecule has 1 amide bonds. The van der Waals surface area contributed by atoms with Crippen LogP contribution in [0, 0.1) is 0 Å². The number of carbonyl (C=O) groups excluding carboxylic acids is 2. The number of halogens is 1. The van der Waals surface area contributed by atoms with E-state index in [-0.39, 0.29) is 12.5 Å². The molecule has 84 valence electrons. The summed E-state index contributed by atoms with van der Waals surface area (Å²) < 4.78 is 0. The van der Waals surface area contributed by atoms with Crippen LogP contribution in [0.2, 0.25) is 0 Å². The molecule has 0 fully saturated rings. The Bertz CT molecular complexity index is 376. The summed E-state index contributed by atoms with van der Waals surface area (Å²) in [5, 5.41) is 0. The average Bonchev–Trinajstić information content (AvgIpc) is 2.35. The van der Waals surface area contributed by atoms with Gasteiger partial charge < -0.3 is 9.69 Å². The van der Waals surface area contributed by atoms with Crippen molar-refractivity contribution < 1.29 is 9.59 Å². The second-order valence-corrected chi connectivity index (χ2v) is 3.36. The fourth-order valence-corrected chi connectivity index (χ4v) is 1.34. The summed E-state index contributed by atoms with van der Waals surface area (Å²) in [4.78, 5) is 23.8. The lowest BCUT2D eigenvalue weighted by Crippen LogP contribution is -2.32. The molecule has 0 spiro atoms. The van der Waals surface area contributed by atoms with Crippen molar-refractivity contribution in [1.29, 1.82) is 0 Å². The molecule has 1 aromatic carbocycles. The van der Waals surface area contributed by atoms with Gasteiger partial charge in [-0.25, -0.2) is 0 Å². The standard InChI is InChI=1S/C12H12ClNO2/c13-7-4-8-14(9-10-15)12(16)11-5-2-1-3-6-11/h1-7,10H,8-9H2. The Labute approximate surface area is 99.3 Å². The van der Waals surface area contributed by atoms with Crippen molar-refractivity contribution in [3.05, 3.63) is 47.5 Å². The predicted molar refractivity (Wildman–Crippen MR) is 63.4 cm³/mol. The molecule has 0 aliphatic rings. The van der Waals surface area contributed by atoms with Gasteiger partial charge in [0, 0.05) is 17.6 Å². The van der Waals surface area contributed by atoms with E-state index >= 15 is 0 Å². The lowest BCUT2D eigenvalue weighted by molar-refractivity contribution is -0.108. The van der Waals surface area contributed by atoms with Gasteiger partial charge in [-0.15, -0.1) is 0 Å². The number of hydrogen-bond acceptors (Lipinski definition) is 2. The highest BCUT2D eigenvalue weighted by atomic mass is 35.5. The first-order valence-corrected chi connectivity index (χ1v) is 5.26. The number of benzene rings is 1. The summed E-state index contributed by atoms with van der Waals surface area (Å²) in [5.74, 6) is -0.178. The minimum absolute atomic E-state index is 0.0644. The molecular weight excluding hydrogens is 226 g/mol. The molecular formula is C12H12ClNO2. The Morgan fingerprint density at radius 1 is 1.25 bits per heavy atom. The SMILES string of the molecule is O=CCN(CC=CCl)C(=O)c1ccccc1. The second kappa shape index (κ2) is 6.80.